The van der Waals surface area contributed by atoms with E-state index in [2.05, 4.69) is 43.3 Å². The van der Waals surface area contributed by atoms with Crippen LogP contribution in [0.4, 0.5) is 0 Å². The van der Waals surface area contributed by atoms with Crippen molar-refractivity contribution in [3.63, 3.8) is 0 Å². The Morgan fingerprint density at radius 3 is 2.67 bits per heavy atom. The molecule has 1 rings (SSSR count). The summed E-state index contributed by atoms with van der Waals surface area (Å²) in [6.07, 6.45) is 6.84. The summed E-state index contributed by atoms with van der Waals surface area (Å²) in [5, 5.41) is 0. The molecule has 0 atom stereocenters. The van der Waals surface area contributed by atoms with Crippen LogP contribution in [0.3, 0.4) is 0 Å². The van der Waals surface area contributed by atoms with Gasteiger partial charge in [0.2, 0.25) is 0 Å². The summed E-state index contributed by atoms with van der Waals surface area (Å²) in [5.74, 6) is 0.732. The van der Waals surface area contributed by atoms with Crippen molar-refractivity contribution in [2.75, 3.05) is 5.88 Å². The smallest absolute Gasteiger partial charge is 0.0258 e. The van der Waals surface area contributed by atoms with Crippen molar-refractivity contribution in [2.45, 2.75) is 32.6 Å². The van der Waals surface area contributed by atoms with Gasteiger partial charge >= 0.3 is 0 Å². The zero-order valence-corrected chi connectivity index (χ0v) is 10.1. The minimum atomic E-state index is 0.732. The molecule has 0 unspecified atom stereocenters. The molecular weight excluding hydrogens is 204 g/mol. The van der Waals surface area contributed by atoms with Crippen LogP contribution in [0.1, 0.15) is 31.7 Å². The molecule has 0 radical (unpaired) electrons. The maximum Gasteiger partial charge on any atom is 0.0258 e. The molecule has 1 aromatic rings. The van der Waals surface area contributed by atoms with Crippen LogP contribution >= 0.6 is 11.6 Å². The Morgan fingerprint density at radius 1 is 1.27 bits per heavy atom. The summed E-state index contributed by atoms with van der Waals surface area (Å²) in [7, 11) is 0. The van der Waals surface area contributed by atoms with Crippen molar-refractivity contribution in [2.24, 2.45) is 0 Å². The van der Waals surface area contributed by atoms with Crippen LogP contribution in [-0.4, -0.2) is 5.88 Å². The third-order valence-corrected chi connectivity index (χ3v) is 2.70. The van der Waals surface area contributed by atoms with E-state index in [1.165, 1.54) is 30.4 Å². The fourth-order valence-corrected chi connectivity index (χ4v) is 1.73. The summed E-state index contributed by atoms with van der Waals surface area (Å²) in [6.45, 7) is 2.19. The van der Waals surface area contributed by atoms with Gasteiger partial charge in [0.15, 0.2) is 0 Å². The molecule has 0 heterocycles. The second kappa shape index (κ2) is 7.53. The van der Waals surface area contributed by atoms with Crippen LogP contribution < -0.4 is 0 Å². The molecule has 1 aromatic carbocycles. The molecule has 0 nitrogen and oxygen atoms in total. The highest BCUT2D eigenvalue weighted by Gasteiger charge is 1.93. The quantitative estimate of drug-likeness (QED) is 0.488. The Balaban J connectivity index is 2.22. The Kier molecular flexibility index (Phi) is 6.18. The maximum absolute atomic E-state index is 5.63. The van der Waals surface area contributed by atoms with Crippen molar-refractivity contribution < 1.29 is 0 Å². The lowest BCUT2D eigenvalue weighted by Crippen LogP contribution is -1.86. The van der Waals surface area contributed by atoms with Gasteiger partial charge < -0.3 is 0 Å². The summed E-state index contributed by atoms with van der Waals surface area (Å²) in [4.78, 5) is 0. The Labute approximate surface area is 98.0 Å². The number of aryl methyl sites for hydroxylation is 1. The minimum absolute atomic E-state index is 0.732. The van der Waals surface area contributed by atoms with Gasteiger partial charge in [0.1, 0.15) is 0 Å². The minimum Gasteiger partial charge on any atom is -0.126 e. The predicted octanol–water partition coefficient (Wildman–Crippen LogP) is 4.58. The SMILES string of the molecule is CC(=CCCCl)CCCc1ccccc1. The van der Waals surface area contributed by atoms with Crippen LogP contribution in [0, 0.1) is 0 Å². The number of hydrogen-bond acceptors (Lipinski definition) is 0. The molecule has 1 heteroatoms. The number of rotatable bonds is 6. The highest BCUT2D eigenvalue weighted by atomic mass is 35.5. The van der Waals surface area contributed by atoms with Crippen LogP contribution in [0.2, 0.25) is 0 Å². The summed E-state index contributed by atoms with van der Waals surface area (Å²) in [5.41, 5.74) is 2.90. The first kappa shape index (κ1) is 12.3. The van der Waals surface area contributed by atoms with E-state index in [-0.39, 0.29) is 0 Å². The van der Waals surface area contributed by atoms with E-state index in [1.54, 1.807) is 0 Å². The number of benzene rings is 1. The predicted molar refractivity (Wildman–Crippen MR) is 68.5 cm³/mol. The van der Waals surface area contributed by atoms with Crippen LogP contribution in [0.5, 0.6) is 0 Å². The molecule has 0 fully saturated rings. The highest BCUT2D eigenvalue weighted by molar-refractivity contribution is 6.17. The molecule has 0 saturated heterocycles. The molecule has 0 aliphatic heterocycles. The molecule has 0 N–H and O–H groups in total. The molecule has 0 aliphatic rings. The van der Waals surface area contributed by atoms with Gasteiger partial charge in [-0.3, -0.25) is 0 Å². The molecule has 0 bridgehead atoms. The van der Waals surface area contributed by atoms with E-state index < -0.39 is 0 Å². The van der Waals surface area contributed by atoms with Gasteiger partial charge in [-0.2, -0.15) is 0 Å². The molecule has 0 aromatic heterocycles. The first-order chi connectivity index (χ1) is 7.33. The second-order valence-electron chi connectivity index (χ2n) is 3.87. The summed E-state index contributed by atoms with van der Waals surface area (Å²) in [6, 6.07) is 10.7. The zero-order valence-electron chi connectivity index (χ0n) is 9.38. The van der Waals surface area contributed by atoms with Crippen LogP contribution in [0.15, 0.2) is 42.0 Å². The molecule has 0 saturated carbocycles. The van der Waals surface area contributed by atoms with E-state index in [0.29, 0.717) is 0 Å². The van der Waals surface area contributed by atoms with E-state index in [9.17, 15) is 0 Å². The number of halogens is 1. The van der Waals surface area contributed by atoms with Crippen LogP contribution in [0.25, 0.3) is 0 Å². The first-order valence-electron chi connectivity index (χ1n) is 5.58. The largest absolute Gasteiger partial charge is 0.126 e. The summed E-state index contributed by atoms with van der Waals surface area (Å²) < 4.78 is 0. The van der Waals surface area contributed by atoms with E-state index in [4.69, 9.17) is 11.6 Å². The Hall–Kier alpha value is -0.750. The van der Waals surface area contributed by atoms with E-state index in [0.717, 1.165) is 12.3 Å². The van der Waals surface area contributed by atoms with E-state index >= 15 is 0 Å². The Morgan fingerprint density at radius 2 is 2.00 bits per heavy atom. The lowest BCUT2D eigenvalue weighted by Gasteiger charge is -2.02. The molecule has 0 aliphatic carbocycles. The fraction of sp³-hybridized carbons (Fsp3) is 0.429. The van der Waals surface area contributed by atoms with Gasteiger partial charge in [-0.1, -0.05) is 42.0 Å². The molecule has 0 amide bonds. The van der Waals surface area contributed by atoms with Crippen molar-refractivity contribution in [1.29, 1.82) is 0 Å². The highest BCUT2D eigenvalue weighted by Crippen LogP contribution is 2.10. The average Bonchev–Trinajstić information content (AvgIpc) is 2.28. The monoisotopic (exact) mass is 222 g/mol. The zero-order chi connectivity index (χ0) is 10.9. The van der Waals surface area contributed by atoms with Gasteiger partial charge in [0, 0.05) is 5.88 Å². The Bertz CT molecular complexity index is 287. The third-order valence-electron chi connectivity index (χ3n) is 2.48. The number of alkyl halides is 1. The molecule has 0 spiro atoms. The van der Waals surface area contributed by atoms with Crippen LogP contribution in [-0.2, 0) is 6.42 Å². The average molecular weight is 223 g/mol. The van der Waals surface area contributed by atoms with Gasteiger partial charge in [0.25, 0.3) is 0 Å². The third kappa shape index (κ3) is 5.64. The lowest BCUT2D eigenvalue weighted by molar-refractivity contribution is 0.807. The summed E-state index contributed by atoms with van der Waals surface area (Å²) >= 11 is 5.63. The number of hydrogen-bond donors (Lipinski definition) is 0. The van der Waals surface area contributed by atoms with Gasteiger partial charge in [-0.15, -0.1) is 11.6 Å². The topological polar surface area (TPSA) is 0 Å². The van der Waals surface area contributed by atoms with Crippen molar-refractivity contribution in [3.8, 4) is 0 Å². The van der Waals surface area contributed by atoms with Crippen molar-refractivity contribution >= 4 is 11.6 Å². The molecular formula is C14H19Cl. The van der Waals surface area contributed by atoms with E-state index in [1.807, 2.05) is 0 Å². The molecule has 82 valence electrons. The fourth-order valence-electron chi connectivity index (χ4n) is 1.62. The lowest BCUT2D eigenvalue weighted by atomic mass is 10.0. The van der Waals surface area contributed by atoms with Gasteiger partial charge in [-0.25, -0.2) is 0 Å². The molecule has 15 heavy (non-hydrogen) atoms. The van der Waals surface area contributed by atoms with Gasteiger partial charge in [0.05, 0.1) is 0 Å². The number of allylic oxidation sites excluding steroid dienone is 2. The van der Waals surface area contributed by atoms with Crippen molar-refractivity contribution in [3.05, 3.63) is 47.5 Å². The van der Waals surface area contributed by atoms with Gasteiger partial charge in [-0.05, 0) is 38.2 Å². The first-order valence-corrected chi connectivity index (χ1v) is 6.12. The van der Waals surface area contributed by atoms with Crippen molar-refractivity contribution in [1.82, 2.24) is 0 Å². The maximum atomic E-state index is 5.63. The standard InChI is InChI=1S/C14H19Cl/c1-13(8-6-12-15)7-5-11-14-9-3-2-4-10-14/h2-4,8-10H,5-7,11-12H2,1H3. The normalized spacial score (nSPS) is 11.7. The second-order valence-corrected chi connectivity index (χ2v) is 4.25.